The second-order valence-corrected chi connectivity index (χ2v) is 4.37. The zero-order valence-corrected chi connectivity index (χ0v) is 11.9. The Kier molecular flexibility index (Phi) is 11.2. The summed E-state index contributed by atoms with van der Waals surface area (Å²) in [6.45, 7) is 4.16. The molecule has 4 nitrogen and oxygen atoms in total. The van der Waals surface area contributed by atoms with E-state index in [-0.39, 0.29) is 0 Å². The van der Waals surface area contributed by atoms with Gasteiger partial charge in [-0.05, 0) is 32.3 Å². The molecular weight excluding hydrogens is 244 g/mol. The quantitative estimate of drug-likeness (QED) is 0.277. The van der Waals surface area contributed by atoms with Crippen LogP contribution >= 0.6 is 0 Å². The largest absolute Gasteiger partial charge is 0.463 e. The number of aliphatic hydroxyl groups is 2. The first-order valence-corrected chi connectivity index (χ1v) is 6.97. The summed E-state index contributed by atoms with van der Waals surface area (Å²) in [4.78, 5) is 11.0. The average Bonchev–Trinajstić information content (AvgIpc) is 2.40. The minimum Gasteiger partial charge on any atom is -0.463 e. The van der Waals surface area contributed by atoms with Gasteiger partial charge >= 0.3 is 5.97 Å². The van der Waals surface area contributed by atoms with Crippen LogP contribution in [0.15, 0.2) is 24.3 Å². The Morgan fingerprint density at radius 2 is 1.95 bits per heavy atom. The summed E-state index contributed by atoms with van der Waals surface area (Å²) >= 11 is 0. The normalized spacial score (nSPS) is 14.9. The average molecular weight is 270 g/mol. The topological polar surface area (TPSA) is 66.8 Å². The maximum atomic E-state index is 11.0. The second kappa shape index (κ2) is 11.9. The van der Waals surface area contributed by atoms with Crippen molar-refractivity contribution in [1.82, 2.24) is 0 Å². The third kappa shape index (κ3) is 10.5. The Labute approximate surface area is 115 Å². The molecule has 0 heterocycles. The SMILES string of the molecule is CCCCC/C=C\C[C@@H](O)[C@H](O)/C=C/C(=O)OCC. The number of rotatable bonds is 10. The van der Waals surface area contributed by atoms with Crippen molar-refractivity contribution >= 4 is 5.97 Å². The van der Waals surface area contributed by atoms with E-state index in [1.54, 1.807) is 6.92 Å². The van der Waals surface area contributed by atoms with Crippen molar-refractivity contribution in [3.8, 4) is 0 Å². The molecule has 0 aromatic carbocycles. The van der Waals surface area contributed by atoms with E-state index in [1.807, 2.05) is 12.2 Å². The van der Waals surface area contributed by atoms with E-state index < -0.39 is 18.2 Å². The van der Waals surface area contributed by atoms with Crippen LogP contribution in [0.5, 0.6) is 0 Å². The van der Waals surface area contributed by atoms with Gasteiger partial charge in [0.05, 0.1) is 18.8 Å². The van der Waals surface area contributed by atoms with Gasteiger partial charge in [0.25, 0.3) is 0 Å². The van der Waals surface area contributed by atoms with E-state index >= 15 is 0 Å². The van der Waals surface area contributed by atoms with Gasteiger partial charge in [-0.15, -0.1) is 0 Å². The van der Waals surface area contributed by atoms with Crippen LogP contribution in [-0.2, 0) is 9.53 Å². The number of carbonyl (C=O) groups is 1. The van der Waals surface area contributed by atoms with E-state index in [4.69, 9.17) is 0 Å². The fourth-order valence-corrected chi connectivity index (χ4v) is 1.50. The molecule has 2 N–H and O–H groups in total. The summed E-state index contributed by atoms with van der Waals surface area (Å²) in [5.41, 5.74) is 0. The third-order valence-electron chi connectivity index (χ3n) is 2.63. The van der Waals surface area contributed by atoms with Crippen LogP contribution in [0.2, 0.25) is 0 Å². The van der Waals surface area contributed by atoms with Gasteiger partial charge in [0.1, 0.15) is 0 Å². The van der Waals surface area contributed by atoms with Gasteiger partial charge in [-0.2, -0.15) is 0 Å². The maximum Gasteiger partial charge on any atom is 0.330 e. The molecule has 0 saturated carbocycles. The van der Waals surface area contributed by atoms with Gasteiger partial charge in [0.15, 0.2) is 0 Å². The lowest BCUT2D eigenvalue weighted by molar-refractivity contribution is -0.137. The highest BCUT2D eigenvalue weighted by atomic mass is 16.5. The zero-order valence-electron chi connectivity index (χ0n) is 11.9. The molecule has 2 atom stereocenters. The Bertz CT molecular complexity index is 284. The molecule has 0 unspecified atom stereocenters. The predicted octanol–water partition coefficient (Wildman–Crippen LogP) is 2.35. The number of aliphatic hydroxyl groups excluding tert-OH is 2. The second-order valence-electron chi connectivity index (χ2n) is 4.37. The van der Waals surface area contributed by atoms with Crippen LogP contribution in [0.1, 0.15) is 46.0 Å². The van der Waals surface area contributed by atoms with Crippen molar-refractivity contribution in [2.24, 2.45) is 0 Å². The molecule has 0 fully saturated rings. The Morgan fingerprint density at radius 1 is 1.21 bits per heavy atom. The van der Waals surface area contributed by atoms with Crippen molar-refractivity contribution in [1.29, 1.82) is 0 Å². The highest BCUT2D eigenvalue weighted by Gasteiger charge is 2.11. The monoisotopic (exact) mass is 270 g/mol. The summed E-state index contributed by atoms with van der Waals surface area (Å²) in [5, 5.41) is 19.3. The summed E-state index contributed by atoms with van der Waals surface area (Å²) in [7, 11) is 0. The number of esters is 1. The van der Waals surface area contributed by atoms with Crippen LogP contribution in [0.25, 0.3) is 0 Å². The molecule has 0 aliphatic rings. The van der Waals surface area contributed by atoms with E-state index in [1.165, 1.54) is 18.9 Å². The zero-order chi connectivity index (χ0) is 14.5. The first kappa shape index (κ1) is 17.9. The molecule has 0 aliphatic heterocycles. The van der Waals surface area contributed by atoms with Gasteiger partial charge < -0.3 is 14.9 Å². The molecule has 0 bridgehead atoms. The molecule has 0 aromatic rings. The van der Waals surface area contributed by atoms with Crippen LogP contribution in [0.3, 0.4) is 0 Å². The lowest BCUT2D eigenvalue weighted by Crippen LogP contribution is -2.23. The Balaban J connectivity index is 3.86. The van der Waals surface area contributed by atoms with Gasteiger partial charge in [0.2, 0.25) is 0 Å². The molecule has 19 heavy (non-hydrogen) atoms. The fourth-order valence-electron chi connectivity index (χ4n) is 1.50. The highest BCUT2D eigenvalue weighted by Crippen LogP contribution is 2.05. The summed E-state index contributed by atoms with van der Waals surface area (Å²) in [6, 6.07) is 0. The Hall–Kier alpha value is -1.13. The number of unbranched alkanes of at least 4 members (excludes halogenated alkanes) is 3. The molecule has 0 spiro atoms. The van der Waals surface area contributed by atoms with Gasteiger partial charge in [0, 0.05) is 6.08 Å². The molecule has 0 radical (unpaired) electrons. The Morgan fingerprint density at radius 3 is 2.58 bits per heavy atom. The lowest BCUT2D eigenvalue weighted by atomic mass is 10.1. The van der Waals surface area contributed by atoms with E-state index in [0.29, 0.717) is 13.0 Å². The molecule has 0 rings (SSSR count). The predicted molar refractivity (Wildman–Crippen MR) is 75.7 cm³/mol. The van der Waals surface area contributed by atoms with Crippen LogP contribution in [-0.4, -0.2) is 35.0 Å². The highest BCUT2D eigenvalue weighted by molar-refractivity contribution is 5.81. The molecule has 4 heteroatoms. The molecule has 0 aromatic heterocycles. The number of ether oxygens (including phenoxy) is 1. The van der Waals surface area contributed by atoms with Crippen molar-refractivity contribution in [2.75, 3.05) is 6.61 Å². The van der Waals surface area contributed by atoms with Crippen LogP contribution < -0.4 is 0 Å². The summed E-state index contributed by atoms with van der Waals surface area (Å²) in [5.74, 6) is -0.510. The molecule has 0 aliphatic carbocycles. The number of hydrogen-bond acceptors (Lipinski definition) is 4. The van der Waals surface area contributed by atoms with Crippen molar-refractivity contribution in [3.63, 3.8) is 0 Å². The van der Waals surface area contributed by atoms with Crippen molar-refractivity contribution in [3.05, 3.63) is 24.3 Å². The number of hydrogen-bond donors (Lipinski definition) is 2. The molecule has 0 amide bonds. The van der Waals surface area contributed by atoms with Crippen molar-refractivity contribution < 1.29 is 19.7 Å². The molecule has 110 valence electrons. The van der Waals surface area contributed by atoms with Crippen LogP contribution in [0.4, 0.5) is 0 Å². The number of allylic oxidation sites excluding steroid dienone is 1. The number of carbonyl (C=O) groups excluding carboxylic acids is 1. The standard InChI is InChI=1S/C15H26O4/c1-3-5-6-7-8-9-10-13(16)14(17)11-12-15(18)19-4-2/h8-9,11-14,16-17H,3-7,10H2,1-2H3/b9-8-,12-11+/t13-,14-/m1/s1. The summed E-state index contributed by atoms with van der Waals surface area (Å²) in [6.07, 6.45) is 9.24. The molecular formula is C15H26O4. The third-order valence-corrected chi connectivity index (χ3v) is 2.63. The smallest absolute Gasteiger partial charge is 0.330 e. The van der Waals surface area contributed by atoms with E-state index in [2.05, 4.69) is 11.7 Å². The minimum absolute atomic E-state index is 0.294. The fraction of sp³-hybridized carbons (Fsp3) is 0.667. The first-order chi connectivity index (χ1) is 9.11. The first-order valence-electron chi connectivity index (χ1n) is 6.97. The minimum atomic E-state index is -1.05. The maximum absolute atomic E-state index is 11.0. The van der Waals surface area contributed by atoms with Gasteiger partial charge in [-0.3, -0.25) is 0 Å². The van der Waals surface area contributed by atoms with Gasteiger partial charge in [-0.25, -0.2) is 4.79 Å². The lowest BCUT2D eigenvalue weighted by Gasteiger charge is -2.11. The summed E-state index contributed by atoms with van der Waals surface area (Å²) < 4.78 is 4.68. The van der Waals surface area contributed by atoms with Gasteiger partial charge in [-0.1, -0.05) is 31.9 Å². The van der Waals surface area contributed by atoms with Crippen LogP contribution in [0, 0.1) is 0 Å². The van der Waals surface area contributed by atoms with E-state index in [0.717, 1.165) is 18.9 Å². The van der Waals surface area contributed by atoms with Crippen molar-refractivity contribution in [2.45, 2.75) is 58.2 Å². The van der Waals surface area contributed by atoms with E-state index in [9.17, 15) is 15.0 Å². The molecule has 0 saturated heterocycles.